The number of rotatable bonds is 3. The van der Waals surface area contributed by atoms with E-state index in [9.17, 15) is 9.59 Å². The van der Waals surface area contributed by atoms with Gasteiger partial charge in [0.25, 0.3) is 0 Å². The van der Waals surface area contributed by atoms with E-state index in [0.29, 0.717) is 25.9 Å². The summed E-state index contributed by atoms with van der Waals surface area (Å²) in [5, 5.41) is 10.3. The van der Waals surface area contributed by atoms with Gasteiger partial charge < -0.3 is 15.0 Å². The summed E-state index contributed by atoms with van der Waals surface area (Å²) in [5.41, 5.74) is 3.12. The number of carbonyl (C=O) groups is 2. The van der Waals surface area contributed by atoms with Gasteiger partial charge >= 0.3 is 6.09 Å². The Bertz CT molecular complexity index is 656. The number of nitrogens with zero attached hydrogens (tertiary/aromatic N) is 2. The summed E-state index contributed by atoms with van der Waals surface area (Å²) in [6.07, 6.45) is 7.05. The Balaban J connectivity index is 1.36. The SMILES string of the molecule is O=C1NCC2(CCCN(C(=O)CCc3n[nH]c4c3CCCC4)C2)O1. The van der Waals surface area contributed by atoms with Crippen LogP contribution in [0.15, 0.2) is 0 Å². The molecule has 0 bridgehead atoms. The first-order chi connectivity index (χ1) is 11.7. The van der Waals surface area contributed by atoms with Gasteiger partial charge in [-0.1, -0.05) is 0 Å². The van der Waals surface area contributed by atoms with Gasteiger partial charge in [0.2, 0.25) is 5.91 Å². The quantitative estimate of drug-likeness (QED) is 0.874. The molecule has 3 aliphatic rings. The number of hydrogen-bond acceptors (Lipinski definition) is 4. The highest BCUT2D eigenvalue weighted by Gasteiger charge is 2.44. The fourth-order valence-corrected chi connectivity index (χ4v) is 4.18. The van der Waals surface area contributed by atoms with Crippen LogP contribution in [0.4, 0.5) is 4.79 Å². The van der Waals surface area contributed by atoms with Crippen molar-refractivity contribution in [2.24, 2.45) is 0 Å². The first-order valence-electron chi connectivity index (χ1n) is 8.95. The number of fused-ring (bicyclic) bond motifs is 1. The van der Waals surface area contributed by atoms with Gasteiger partial charge in [-0.25, -0.2) is 4.79 Å². The van der Waals surface area contributed by atoms with Crippen molar-refractivity contribution in [2.75, 3.05) is 19.6 Å². The van der Waals surface area contributed by atoms with Gasteiger partial charge in [-0.05, 0) is 44.1 Å². The van der Waals surface area contributed by atoms with Crippen molar-refractivity contribution in [3.05, 3.63) is 17.0 Å². The number of amides is 2. The summed E-state index contributed by atoms with van der Waals surface area (Å²) in [7, 11) is 0. The highest BCUT2D eigenvalue weighted by Crippen LogP contribution is 2.29. The van der Waals surface area contributed by atoms with Crippen LogP contribution in [0, 0.1) is 0 Å². The largest absolute Gasteiger partial charge is 0.439 e. The molecule has 1 unspecified atom stereocenters. The van der Waals surface area contributed by atoms with Crippen molar-refractivity contribution >= 4 is 12.0 Å². The molecule has 0 aromatic carbocycles. The van der Waals surface area contributed by atoms with Crippen molar-refractivity contribution in [1.29, 1.82) is 0 Å². The lowest BCUT2D eigenvalue weighted by molar-refractivity contribution is -0.136. The lowest BCUT2D eigenvalue weighted by Crippen LogP contribution is -2.52. The normalized spacial score (nSPS) is 26.2. The molecule has 1 atom stereocenters. The molecule has 130 valence electrons. The summed E-state index contributed by atoms with van der Waals surface area (Å²) >= 11 is 0. The number of aromatic amines is 1. The standard InChI is InChI=1S/C17H24N4O3/c22-15(7-6-14-12-4-1-2-5-13(12)19-20-14)21-9-3-8-17(11-21)10-18-16(23)24-17/h1-11H2,(H,18,23)(H,19,20). The van der Waals surface area contributed by atoms with Gasteiger partial charge in [0.1, 0.15) is 5.60 Å². The highest BCUT2D eigenvalue weighted by atomic mass is 16.6. The number of piperidine rings is 1. The third-order valence-corrected chi connectivity index (χ3v) is 5.47. The summed E-state index contributed by atoms with van der Waals surface area (Å²) in [4.78, 5) is 25.8. The molecule has 1 aromatic rings. The Morgan fingerprint density at radius 3 is 3.00 bits per heavy atom. The molecule has 2 amide bonds. The first kappa shape index (κ1) is 15.5. The molecule has 1 spiro atoms. The van der Waals surface area contributed by atoms with Crippen molar-refractivity contribution in [3.8, 4) is 0 Å². The second-order valence-corrected chi connectivity index (χ2v) is 7.18. The van der Waals surface area contributed by atoms with Crippen LogP contribution in [0.1, 0.15) is 49.1 Å². The van der Waals surface area contributed by atoms with Crippen LogP contribution >= 0.6 is 0 Å². The van der Waals surface area contributed by atoms with Crippen LogP contribution in [0.25, 0.3) is 0 Å². The molecule has 7 nitrogen and oxygen atoms in total. The Labute approximate surface area is 141 Å². The number of H-pyrrole nitrogens is 1. The zero-order chi connectivity index (χ0) is 16.6. The summed E-state index contributed by atoms with van der Waals surface area (Å²) in [6, 6.07) is 0. The number of hydrogen-bond donors (Lipinski definition) is 2. The van der Waals surface area contributed by atoms with Crippen LogP contribution in [0.5, 0.6) is 0 Å². The van der Waals surface area contributed by atoms with Crippen LogP contribution in [-0.4, -0.2) is 52.3 Å². The molecule has 0 radical (unpaired) electrons. The third-order valence-electron chi connectivity index (χ3n) is 5.47. The maximum Gasteiger partial charge on any atom is 0.407 e. The number of alkyl carbamates (subject to hydrolysis) is 1. The number of likely N-dealkylation sites (tertiary alicyclic amines) is 1. The van der Waals surface area contributed by atoms with Crippen molar-refractivity contribution in [1.82, 2.24) is 20.4 Å². The fourth-order valence-electron chi connectivity index (χ4n) is 4.18. The van der Waals surface area contributed by atoms with Gasteiger partial charge in [0.15, 0.2) is 0 Å². The number of carbonyl (C=O) groups excluding carboxylic acids is 2. The molecule has 2 N–H and O–H groups in total. The minimum Gasteiger partial charge on any atom is -0.439 e. The maximum atomic E-state index is 12.6. The molecule has 1 aliphatic carbocycles. The van der Waals surface area contributed by atoms with E-state index in [-0.39, 0.29) is 12.0 Å². The van der Waals surface area contributed by atoms with E-state index in [1.54, 1.807) is 0 Å². The summed E-state index contributed by atoms with van der Waals surface area (Å²) < 4.78 is 5.43. The summed E-state index contributed by atoms with van der Waals surface area (Å²) in [6.45, 7) is 1.75. The van der Waals surface area contributed by atoms with Crippen LogP contribution in [-0.2, 0) is 28.8 Å². The molecular formula is C17H24N4O3. The van der Waals surface area contributed by atoms with Crippen LogP contribution in [0.3, 0.4) is 0 Å². The molecule has 2 saturated heterocycles. The topological polar surface area (TPSA) is 87.3 Å². The lowest BCUT2D eigenvalue weighted by Gasteiger charge is -2.38. The second kappa shape index (κ2) is 6.11. The van der Waals surface area contributed by atoms with E-state index >= 15 is 0 Å². The third kappa shape index (κ3) is 2.87. The van der Waals surface area contributed by atoms with Gasteiger partial charge in [-0.15, -0.1) is 0 Å². The molecule has 2 aliphatic heterocycles. The number of nitrogens with one attached hydrogen (secondary N) is 2. The predicted octanol–water partition coefficient (Wildman–Crippen LogP) is 1.32. The molecular weight excluding hydrogens is 308 g/mol. The van der Waals surface area contributed by atoms with Gasteiger partial charge in [-0.2, -0.15) is 5.10 Å². The minimum absolute atomic E-state index is 0.129. The maximum absolute atomic E-state index is 12.6. The van der Waals surface area contributed by atoms with E-state index in [2.05, 4.69) is 15.5 Å². The second-order valence-electron chi connectivity index (χ2n) is 7.18. The monoisotopic (exact) mass is 332 g/mol. The van der Waals surface area contributed by atoms with Crippen LogP contribution < -0.4 is 5.32 Å². The van der Waals surface area contributed by atoms with Crippen LogP contribution in [0.2, 0.25) is 0 Å². The lowest BCUT2D eigenvalue weighted by atomic mass is 9.92. The number of ether oxygens (including phenoxy) is 1. The predicted molar refractivity (Wildman–Crippen MR) is 86.6 cm³/mol. The van der Waals surface area contributed by atoms with E-state index in [1.807, 2.05) is 4.90 Å². The van der Waals surface area contributed by atoms with Gasteiger partial charge in [0.05, 0.1) is 18.8 Å². The van der Waals surface area contributed by atoms with Crippen molar-refractivity contribution < 1.29 is 14.3 Å². The Hall–Kier alpha value is -2.05. The fraction of sp³-hybridized carbons (Fsp3) is 0.706. The van der Waals surface area contributed by atoms with Gasteiger partial charge in [0, 0.05) is 25.1 Å². The number of aryl methyl sites for hydroxylation is 2. The van der Waals surface area contributed by atoms with Crippen molar-refractivity contribution in [3.63, 3.8) is 0 Å². The zero-order valence-electron chi connectivity index (χ0n) is 13.9. The Morgan fingerprint density at radius 2 is 2.17 bits per heavy atom. The van der Waals surface area contributed by atoms with E-state index in [4.69, 9.17) is 4.74 Å². The number of aromatic nitrogens is 2. The molecule has 3 heterocycles. The molecule has 24 heavy (non-hydrogen) atoms. The minimum atomic E-state index is -0.517. The smallest absolute Gasteiger partial charge is 0.407 e. The van der Waals surface area contributed by atoms with Gasteiger partial charge in [-0.3, -0.25) is 9.89 Å². The molecule has 4 rings (SSSR count). The van der Waals surface area contributed by atoms with Crippen molar-refractivity contribution in [2.45, 2.75) is 57.0 Å². The zero-order valence-corrected chi connectivity index (χ0v) is 13.9. The Morgan fingerprint density at radius 1 is 1.29 bits per heavy atom. The molecule has 1 aromatic heterocycles. The molecule has 7 heteroatoms. The summed E-state index contributed by atoms with van der Waals surface area (Å²) in [5.74, 6) is 0.129. The van der Waals surface area contributed by atoms with E-state index < -0.39 is 5.60 Å². The molecule has 2 fully saturated rings. The van der Waals surface area contributed by atoms with E-state index in [0.717, 1.165) is 37.9 Å². The highest BCUT2D eigenvalue weighted by molar-refractivity contribution is 5.77. The average Bonchev–Trinajstić information content (AvgIpc) is 3.16. The molecule has 0 saturated carbocycles. The average molecular weight is 332 g/mol. The van der Waals surface area contributed by atoms with E-state index in [1.165, 1.54) is 24.1 Å². The Kier molecular flexibility index (Phi) is 3.94. The first-order valence-corrected chi connectivity index (χ1v) is 8.95.